The zero-order valence-electron chi connectivity index (χ0n) is 18.0. The van der Waals surface area contributed by atoms with E-state index in [1.165, 1.54) is 49.3 Å². The Labute approximate surface area is 186 Å². The molecule has 0 bridgehead atoms. The lowest BCUT2D eigenvalue weighted by atomic mass is 9.80. The Morgan fingerprint density at radius 1 is 0.719 bits per heavy atom. The zero-order valence-corrected chi connectivity index (χ0v) is 18.0. The molecule has 2 aromatic heterocycles. The average molecular weight is 412 g/mol. The smallest absolute Gasteiger partial charge is 0.140 e. The normalized spacial score (nSPS) is 14.2. The predicted molar refractivity (Wildman–Crippen MR) is 131 cm³/mol. The van der Waals surface area contributed by atoms with E-state index in [4.69, 9.17) is 0 Å². The van der Waals surface area contributed by atoms with E-state index in [0.29, 0.717) is 0 Å². The standard InChI is InChI=1S/C29H21N3/c1-29(2)24-9-5-3-7-19(24)21-12-11-18-15-26-23(16-22(18)28(21)29)20-8-4-6-10-25(20)32(26)27-13-14-30-17-31-27/h3-17H,1-2H3. The Kier molecular flexibility index (Phi) is 3.34. The summed E-state index contributed by atoms with van der Waals surface area (Å²) in [6, 6.07) is 28.7. The molecule has 3 heteroatoms. The van der Waals surface area contributed by atoms with Crippen LogP contribution in [-0.2, 0) is 5.41 Å². The van der Waals surface area contributed by atoms with Crippen LogP contribution >= 0.6 is 0 Å². The van der Waals surface area contributed by atoms with E-state index in [9.17, 15) is 0 Å². The lowest BCUT2D eigenvalue weighted by molar-refractivity contribution is 0.666. The van der Waals surface area contributed by atoms with Crippen molar-refractivity contribution in [3.05, 3.63) is 103 Å². The maximum Gasteiger partial charge on any atom is 0.140 e. The van der Waals surface area contributed by atoms with Gasteiger partial charge in [-0.1, -0.05) is 68.4 Å². The highest BCUT2D eigenvalue weighted by molar-refractivity contribution is 6.15. The number of hydrogen-bond donors (Lipinski definition) is 0. The fraction of sp³-hybridized carbons (Fsp3) is 0.103. The molecule has 7 rings (SSSR count). The monoisotopic (exact) mass is 411 g/mol. The summed E-state index contributed by atoms with van der Waals surface area (Å²) >= 11 is 0. The Hall–Kier alpha value is -3.98. The molecule has 32 heavy (non-hydrogen) atoms. The summed E-state index contributed by atoms with van der Waals surface area (Å²) in [5.41, 5.74) is 7.85. The summed E-state index contributed by atoms with van der Waals surface area (Å²) in [6.07, 6.45) is 3.42. The summed E-state index contributed by atoms with van der Waals surface area (Å²) in [5, 5.41) is 5.10. The van der Waals surface area contributed by atoms with Gasteiger partial charge < -0.3 is 0 Å². The fourth-order valence-electron chi connectivity index (χ4n) is 5.75. The summed E-state index contributed by atoms with van der Waals surface area (Å²) < 4.78 is 2.25. The molecule has 0 radical (unpaired) electrons. The van der Waals surface area contributed by atoms with Crippen LogP contribution in [0.1, 0.15) is 25.0 Å². The van der Waals surface area contributed by atoms with Gasteiger partial charge in [-0.3, -0.25) is 4.57 Å². The van der Waals surface area contributed by atoms with E-state index in [-0.39, 0.29) is 5.41 Å². The highest BCUT2D eigenvalue weighted by Crippen LogP contribution is 2.51. The first-order chi connectivity index (χ1) is 15.6. The number of nitrogens with zero attached hydrogens (tertiary/aromatic N) is 3. The van der Waals surface area contributed by atoms with Crippen molar-refractivity contribution in [2.75, 3.05) is 0 Å². The van der Waals surface area contributed by atoms with Crippen LogP contribution < -0.4 is 0 Å². The van der Waals surface area contributed by atoms with E-state index in [0.717, 1.165) is 11.3 Å². The van der Waals surface area contributed by atoms with Gasteiger partial charge in [-0.25, -0.2) is 9.97 Å². The molecule has 0 atom stereocenters. The van der Waals surface area contributed by atoms with E-state index in [1.807, 2.05) is 6.07 Å². The average Bonchev–Trinajstić information content (AvgIpc) is 3.27. The van der Waals surface area contributed by atoms with E-state index < -0.39 is 0 Å². The number of rotatable bonds is 1. The SMILES string of the molecule is CC1(C)c2ccccc2-c2ccc3cc4c(cc3c21)c1ccccc1n4-c1ccncn1. The first-order valence-electron chi connectivity index (χ1n) is 11.0. The van der Waals surface area contributed by atoms with Gasteiger partial charge >= 0.3 is 0 Å². The molecule has 1 aliphatic carbocycles. The van der Waals surface area contributed by atoms with Crippen molar-refractivity contribution < 1.29 is 0 Å². The Morgan fingerprint density at radius 3 is 2.44 bits per heavy atom. The Morgan fingerprint density at radius 2 is 1.56 bits per heavy atom. The van der Waals surface area contributed by atoms with Crippen LogP contribution in [0.2, 0.25) is 0 Å². The second kappa shape index (κ2) is 6.04. The van der Waals surface area contributed by atoms with Crippen molar-refractivity contribution in [1.29, 1.82) is 0 Å². The molecule has 0 spiro atoms. The number of para-hydroxylation sites is 1. The third kappa shape index (κ3) is 2.15. The molecule has 0 fully saturated rings. The highest BCUT2D eigenvalue weighted by atomic mass is 15.1. The van der Waals surface area contributed by atoms with Crippen molar-refractivity contribution in [3.8, 4) is 16.9 Å². The van der Waals surface area contributed by atoms with Crippen LogP contribution in [0.4, 0.5) is 0 Å². The molecule has 0 amide bonds. The van der Waals surface area contributed by atoms with Crippen molar-refractivity contribution >= 4 is 32.6 Å². The number of benzene rings is 4. The van der Waals surface area contributed by atoms with Crippen molar-refractivity contribution in [1.82, 2.24) is 14.5 Å². The minimum Gasteiger partial charge on any atom is -0.294 e. The lowest BCUT2D eigenvalue weighted by Crippen LogP contribution is -2.15. The fourth-order valence-corrected chi connectivity index (χ4v) is 5.75. The molecule has 2 heterocycles. The Bertz CT molecular complexity index is 1690. The first-order valence-corrected chi connectivity index (χ1v) is 11.0. The van der Waals surface area contributed by atoms with Crippen molar-refractivity contribution in [2.24, 2.45) is 0 Å². The van der Waals surface area contributed by atoms with E-state index in [2.05, 4.69) is 101 Å². The second-order valence-corrected chi connectivity index (χ2v) is 9.17. The summed E-state index contributed by atoms with van der Waals surface area (Å²) in [7, 11) is 0. The Balaban J connectivity index is 1.64. The lowest BCUT2D eigenvalue weighted by Gasteiger charge is -2.23. The van der Waals surface area contributed by atoms with Gasteiger partial charge in [0.25, 0.3) is 0 Å². The zero-order chi connectivity index (χ0) is 21.4. The van der Waals surface area contributed by atoms with E-state index in [1.54, 1.807) is 12.5 Å². The molecule has 1 aliphatic rings. The summed E-state index contributed by atoms with van der Waals surface area (Å²) in [4.78, 5) is 8.68. The van der Waals surface area contributed by atoms with Crippen LogP contribution in [0, 0.1) is 0 Å². The van der Waals surface area contributed by atoms with Gasteiger partial charge in [0.05, 0.1) is 11.0 Å². The molecule has 6 aromatic rings. The van der Waals surface area contributed by atoms with Gasteiger partial charge in [0.15, 0.2) is 0 Å². The number of fused-ring (bicyclic) bond motifs is 8. The highest BCUT2D eigenvalue weighted by Gasteiger charge is 2.36. The molecule has 3 nitrogen and oxygen atoms in total. The largest absolute Gasteiger partial charge is 0.294 e. The van der Waals surface area contributed by atoms with Crippen LogP contribution in [0.3, 0.4) is 0 Å². The molecule has 0 N–H and O–H groups in total. The molecule has 0 saturated carbocycles. The van der Waals surface area contributed by atoms with Gasteiger partial charge in [0.2, 0.25) is 0 Å². The molecule has 152 valence electrons. The van der Waals surface area contributed by atoms with Crippen molar-refractivity contribution in [3.63, 3.8) is 0 Å². The second-order valence-electron chi connectivity index (χ2n) is 9.17. The maximum absolute atomic E-state index is 4.56. The predicted octanol–water partition coefficient (Wildman–Crippen LogP) is 7.03. The number of aromatic nitrogens is 3. The molecule has 0 unspecified atom stereocenters. The quantitative estimate of drug-likeness (QED) is 0.291. The van der Waals surface area contributed by atoms with Gasteiger partial charge in [-0.15, -0.1) is 0 Å². The third-order valence-electron chi connectivity index (χ3n) is 7.12. The van der Waals surface area contributed by atoms with Crippen LogP contribution in [0.15, 0.2) is 91.4 Å². The minimum atomic E-state index is -0.0376. The minimum absolute atomic E-state index is 0.0376. The molecule has 0 aliphatic heterocycles. The van der Waals surface area contributed by atoms with Gasteiger partial charge in [0.1, 0.15) is 12.1 Å². The van der Waals surface area contributed by atoms with Crippen LogP contribution in [-0.4, -0.2) is 14.5 Å². The maximum atomic E-state index is 4.56. The molecule has 0 saturated heterocycles. The summed E-state index contributed by atoms with van der Waals surface area (Å²) in [5.74, 6) is 0.888. The van der Waals surface area contributed by atoms with Gasteiger partial charge in [-0.2, -0.15) is 0 Å². The van der Waals surface area contributed by atoms with Gasteiger partial charge in [0, 0.05) is 22.4 Å². The van der Waals surface area contributed by atoms with E-state index >= 15 is 0 Å². The number of hydrogen-bond acceptors (Lipinski definition) is 2. The van der Waals surface area contributed by atoms with Crippen LogP contribution in [0.25, 0.3) is 49.5 Å². The van der Waals surface area contributed by atoms with Crippen LogP contribution in [0.5, 0.6) is 0 Å². The first kappa shape index (κ1) is 17.7. The molecular formula is C29H21N3. The van der Waals surface area contributed by atoms with Crippen molar-refractivity contribution in [2.45, 2.75) is 19.3 Å². The topological polar surface area (TPSA) is 30.7 Å². The molecule has 4 aromatic carbocycles. The summed E-state index contributed by atoms with van der Waals surface area (Å²) in [6.45, 7) is 4.71. The van der Waals surface area contributed by atoms with Gasteiger partial charge in [-0.05, 0) is 57.3 Å². The third-order valence-corrected chi connectivity index (χ3v) is 7.12. The molecular weight excluding hydrogens is 390 g/mol.